The van der Waals surface area contributed by atoms with E-state index < -0.39 is 0 Å². The number of carbonyl (C=O) groups is 1. The molecule has 0 N–H and O–H groups in total. The molecule has 1 aromatic carbocycles. The minimum atomic E-state index is 0.109. The summed E-state index contributed by atoms with van der Waals surface area (Å²) in [6.07, 6.45) is 2.07. The molecule has 4 heteroatoms. The number of hydrogen-bond acceptors (Lipinski definition) is 1. The second-order valence-corrected chi connectivity index (χ2v) is 5.63. The third-order valence-electron chi connectivity index (χ3n) is 3.23. The van der Waals surface area contributed by atoms with Crippen LogP contribution >= 0.6 is 27.5 Å². The first kappa shape index (κ1) is 12.9. The van der Waals surface area contributed by atoms with Gasteiger partial charge in [-0.15, -0.1) is 11.6 Å². The average molecular weight is 317 g/mol. The molecule has 1 heterocycles. The molecule has 0 aliphatic carbocycles. The van der Waals surface area contributed by atoms with Gasteiger partial charge in [0, 0.05) is 28.5 Å². The maximum Gasteiger partial charge on any atom is 0.254 e. The molecular weight excluding hydrogens is 302 g/mol. The zero-order valence-electron chi connectivity index (χ0n) is 9.75. The van der Waals surface area contributed by atoms with Crippen molar-refractivity contribution in [2.24, 2.45) is 0 Å². The second kappa shape index (κ2) is 5.40. The number of rotatable bonds is 2. The first-order valence-electron chi connectivity index (χ1n) is 5.76. The molecule has 0 saturated carbocycles. The Balaban J connectivity index is 2.24. The molecule has 1 saturated heterocycles. The SMILES string of the molecule is Cc1cc(Br)ccc1C(=O)N1CCCC1CCl. The number of nitrogens with zero attached hydrogens (tertiary/aromatic N) is 1. The van der Waals surface area contributed by atoms with E-state index in [4.69, 9.17) is 11.6 Å². The highest BCUT2D eigenvalue weighted by Gasteiger charge is 2.29. The van der Waals surface area contributed by atoms with E-state index in [0.717, 1.165) is 35.0 Å². The summed E-state index contributed by atoms with van der Waals surface area (Å²) < 4.78 is 1.00. The van der Waals surface area contributed by atoms with Crippen LogP contribution in [0.5, 0.6) is 0 Å². The number of hydrogen-bond donors (Lipinski definition) is 0. The molecule has 1 atom stereocenters. The van der Waals surface area contributed by atoms with Gasteiger partial charge in [0.1, 0.15) is 0 Å². The number of aryl methyl sites for hydroxylation is 1. The third kappa shape index (κ3) is 2.66. The number of halogens is 2. The molecule has 0 radical (unpaired) electrons. The largest absolute Gasteiger partial charge is 0.334 e. The highest BCUT2D eigenvalue weighted by Crippen LogP contribution is 2.23. The zero-order valence-corrected chi connectivity index (χ0v) is 12.1. The van der Waals surface area contributed by atoms with E-state index in [-0.39, 0.29) is 11.9 Å². The van der Waals surface area contributed by atoms with Crippen molar-refractivity contribution in [3.63, 3.8) is 0 Å². The summed E-state index contributed by atoms with van der Waals surface area (Å²) in [5.74, 6) is 0.638. The molecule has 0 spiro atoms. The monoisotopic (exact) mass is 315 g/mol. The number of carbonyl (C=O) groups excluding carboxylic acids is 1. The van der Waals surface area contributed by atoms with E-state index in [2.05, 4.69) is 15.9 Å². The molecule has 17 heavy (non-hydrogen) atoms. The van der Waals surface area contributed by atoms with E-state index in [1.807, 2.05) is 30.0 Å². The van der Waals surface area contributed by atoms with Gasteiger partial charge in [-0.2, -0.15) is 0 Å². The Morgan fingerprint density at radius 1 is 1.59 bits per heavy atom. The molecule has 2 nitrogen and oxygen atoms in total. The van der Waals surface area contributed by atoms with Crippen LogP contribution in [0.2, 0.25) is 0 Å². The van der Waals surface area contributed by atoms with Crippen LogP contribution in [0.25, 0.3) is 0 Å². The van der Waals surface area contributed by atoms with Crippen molar-refractivity contribution in [2.45, 2.75) is 25.8 Å². The predicted octanol–water partition coefficient (Wildman–Crippen LogP) is 3.60. The quantitative estimate of drug-likeness (QED) is 0.763. The normalized spacial score (nSPS) is 19.7. The molecule has 0 aromatic heterocycles. The number of alkyl halides is 1. The molecule has 1 aromatic rings. The Morgan fingerprint density at radius 2 is 2.35 bits per heavy atom. The van der Waals surface area contributed by atoms with Crippen LogP contribution in [0, 0.1) is 6.92 Å². The molecular formula is C13H15BrClNO. The Kier molecular flexibility index (Phi) is 4.10. The Hall–Kier alpha value is -0.540. The van der Waals surface area contributed by atoms with Gasteiger partial charge in [-0.1, -0.05) is 15.9 Å². The summed E-state index contributed by atoms with van der Waals surface area (Å²) in [6, 6.07) is 5.96. The molecule has 1 fully saturated rings. The van der Waals surface area contributed by atoms with Crippen LogP contribution in [0.4, 0.5) is 0 Å². The smallest absolute Gasteiger partial charge is 0.254 e. The number of likely N-dealkylation sites (tertiary alicyclic amines) is 1. The standard InChI is InChI=1S/C13H15BrClNO/c1-9-7-10(14)4-5-12(9)13(17)16-6-2-3-11(16)8-15/h4-5,7,11H,2-3,6,8H2,1H3. The van der Waals surface area contributed by atoms with Crippen molar-refractivity contribution in [2.75, 3.05) is 12.4 Å². The minimum Gasteiger partial charge on any atom is -0.334 e. The first-order valence-corrected chi connectivity index (χ1v) is 7.09. The van der Waals surface area contributed by atoms with Crippen molar-refractivity contribution < 1.29 is 4.79 Å². The zero-order chi connectivity index (χ0) is 12.4. The molecule has 0 bridgehead atoms. The van der Waals surface area contributed by atoms with E-state index in [1.54, 1.807) is 0 Å². The van der Waals surface area contributed by atoms with E-state index in [0.29, 0.717) is 5.88 Å². The number of amides is 1. The Bertz CT molecular complexity index is 435. The predicted molar refractivity (Wildman–Crippen MR) is 73.7 cm³/mol. The molecule has 92 valence electrons. The fourth-order valence-corrected chi connectivity index (χ4v) is 3.08. The number of benzene rings is 1. The lowest BCUT2D eigenvalue weighted by Crippen LogP contribution is -2.36. The fraction of sp³-hybridized carbons (Fsp3) is 0.462. The van der Waals surface area contributed by atoms with Gasteiger partial charge >= 0.3 is 0 Å². The van der Waals surface area contributed by atoms with Gasteiger partial charge in [0.15, 0.2) is 0 Å². The van der Waals surface area contributed by atoms with Crippen LogP contribution in [0.15, 0.2) is 22.7 Å². The lowest BCUT2D eigenvalue weighted by Gasteiger charge is -2.23. The van der Waals surface area contributed by atoms with Gasteiger partial charge in [0.25, 0.3) is 5.91 Å². The van der Waals surface area contributed by atoms with Crippen molar-refractivity contribution in [3.8, 4) is 0 Å². The van der Waals surface area contributed by atoms with Crippen LogP contribution in [0.1, 0.15) is 28.8 Å². The lowest BCUT2D eigenvalue weighted by atomic mass is 10.1. The Labute approximate surface area is 115 Å². The maximum atomic E-state index is 12.4. The first-order chi connectivity index (χ1) is 8.13. The summed E-state index contributed by atoms with van der Waals surface area (Å²) in [4.78, 5) is 14.3. The molecule has 1 unspecified atom stereocenters. The van der Waals surface area contributed by atoms with E-state index in [1.165, 1.54) is 0 Å². The van der Waals surface area contributed by atoms with Crippen LogP contribution in [0.3, 0.4) is 0 Å². The van der Waals surface area contributed by atoms with Gasteiger partial charge < -0.3 is 4.90 Å². The second-order valence-electron chi connectivity index (χ2n) is 4.41. The van der Waals surface area contributed by atoms with Crippen molar-refractivity contribution >= 4 is 33.4 Å². The van der Waals surface area contributed by atoms with Gasteiger partial charge in [-0.05, 0) is 43.5 Å². The maximum absolute atomic E-state index is 12.4. The summed E-state index contributed by atoms with van der Waals surface area (Å²) in [5.41, 5.74) is 1.79. The molecule has 1 aliphatic rings. The Morgan fingerprint density at radius 3 is 3.00 bits per heavy atom. The summed E-state index contributed by atoms with van der Waals surface area (Å²) in [7, 11) is 0. The van der Waals surface area contributed by atoms with Crippen molar-refractivity contribution in [1.29, 1.82) is 0 Å². The van der Waals surface area contributed by atoms with Crippen LogP contribution in [-0.4, -0.2) is 29.3 Å². The summed E-state index contributed by atoms with van der Waals surface area (Å²) in [6.45, 7) is 2.79. The van der Waals surface area contributed by atoms with E-state index >= 15 is 0 Å². The average Bonchev–Trinajstić information content (AvgIpc) is 2.76. The van der Waals surface area contributed by atoms with E-state index in [9.17, 15) is 4.79 Å². The summed E-state index contributed by atoms with van der Waals surface area (Å²) in [5, 5.41) is 0. The fourth-order valence-electron chi connectivity index (χ4n) is 2.29. The minimum absolute atomic E-state index is 0.109. The molecule has 1 amide bonds. The van der Waals surface area contributed by atoms with Crippen LogP contribution in [-0.2, 0) is 0 Å². The van der Waals surface area contributed by atoms with Gasteiger partial charge in [0.05, 0.1) is 0 Å². The molecule has 1 aliphatic heterocycles. The third-order valence-corrected chi connectivity index (χ3v) is 4.08. The van der Waals surface area contributed by atoms with Gasteiger partial charge in [0.2, 0.25) is 0 Å². The topological polar surface area (TPSA) is 20.3 Å². The van der Waals surface area contributed by atoms with Crippen LogP contribution < -0.4 is 0 Å². The van der Waals surface area contributed by atoms with Crippen molar-refractivity contribution in [3.05, 3.63) is 33.8 Å². The van der Waals surface area contributed by atoms with Gasteiger partial charge in [-0.3, -0.25) is 4.79 Å². The van der Waals surface area contributed by atoms with Gasteiger partial charge in [-0.25, -0.2) is 0 Å². The lowest BCUT2D eigenvalue weighted by molar-refractivity contribution is 0.0748. The highest BCUT2D eigenvalue weighted by atomic mass is 79.9. The summed E-state index contributed by atoms with van der Waals surface area (Å²) >= 11 is 9.31. The van der Waals surface area contributed by atoms with Crippen molar-refractivity contribution in [1.82, 2.24) is 4.90 Å². The highest BCUT2D eigenvalue weighted by molar-refractivity contribution is 9.10. The molecule has 2 rings (SSSR count).